The van der Waals surface area contributed by atoms with Crippen LogP contribution in [0.2, 0.25) is 0 Å². The Labute approximate surface area is 285 Å². The van der Waals surface area contributed by atoms with Gasteiger partial charge in [-0.1, -0.05) is 12.1 Å². The number of hydrogen-bond donors (Lipinski definition) is 2. The molecule has 8 atom stereocenters. The number of likely N-dealkylation sites (tertiary alicyclic amines) is 2. The van der Waals surface area contributed by atoms with Crippen molar-refractivity contribution in [3.05, 3.63) is 58.4 Å². The summed E-state index contributed by atoms with van der Waals surface area (Å²) in [4.78, 5) is 28.8. The van der Waals surface area contributed by atoms with Crippen molar-refractivity contribution >= 4 is 11.8 Å². The maximum atomic E-state index is 12.7. The predicted octanol–water partition coefficient (Wildman–Crippen LogP) is 2.58. The SMILES string of the molecule is COc1ccc2c3c1OC1C(=O)CC[C@@]4(O)[C@@H](C2)N(C)CC[C@]314.COc1ccc2c3c1OC1C(OC(C)=O)=CC[C@@]4(O)[C@@H](C2)N(C)CC[C@]314. The van der Waals surface area contributed by atoms with E-state index in [4.69, 9.17) is 23.7 Å². The van der Waals surface area contributed by atoms with Crippen LogP contribution in [0.1, 0.15) is 61.3 Å². The minimum atomic E-state index is -0.959. The van der Waals surface area contributed by atoms with E-state index >= 15 is 0 Å². The molecule has 2 saturated heterocycles. The number of Topliss-reactive ketones (excluding diaryl/α,β-unsaturated/α-hetero) is 1. The fraction of sp³-hybridized carbons (Fsp3) is 0.579. The van der Waals surface area contributed by atoms with Crippen molar-refractivity contribution in [3.8, 4) is 23.0 Å². The van der Waals surface area contributed by atoms with Crippen molar-refractivity contribution in [1.82, 2.24) is 9.80 Å². The molecule has 49 heavy (non-hydrogen) atoms. The molecule has 2 spiro atoms. The number of hydrogen-bond acceptors (Lipinski definition) is 11. The summed E-state index contributed by atoms with van der Waals surface area (Å²) < 4.78 is 29.0. The highest BCUT2D eigenvalue weighted by atomic mass is 16.6. The van der Waals surface area contributed by atoms with Crippen molar-refractivity contribution in [2.24, 2.45) is 0 Å². The predicted molar refractivity (Wildman–Crippen MR) is 176 cm³/mol. The molecule has 2 aromatic carbocycles. The summed E-state index contributed by atoms with van der Waals surface area (Å²) in [5.74, 6) is 2.96. The number of likely N-dealkylation sites (N-methyl/N-ethyl adjacent to an activating group) is 2. The second-order valence-electron chi connectivity index (χ2n) is 15.3. The Morgan fingerprint density at radius 3 is 1.90 bits per heavy atom. The highest BCUT2D eigenvalue weighted by Gasteiger charge is 2.74. The first kappa shape index (κ1) is 31.3. The van der Waals surface area contributed by atoms with Crippen LogP contribution in [0.5, 0.6) is 23.0 Å². The van der Waals surface area contributed by atoms with E-state index in [0.29, 0.717) is 48.0 Å². The van der Waals surface area contributed by atoms with Crippen molar-refractivity contribution < 1.29 is 43.5 Å². The van der Waals surface area contributed by atoms with Gasteiger partial charge in [-0.3, -0.25) is 9.59 Å². The van der Waals surface area contributed by atoms with Gasteiger partial charge in [-0.25, -0.2) is 0 Å². The van der Waals surface area contributed by atoms with Gasteiger partial charge in [0.1, 0.15) is 5.76 Å². The number of aliphatic hydroxyl groups is 2. The molecular weight excluding hydrogens is 628 g/mol. The summed E-state index contributed by atoms with van der Waals surface area (Å²) in [5, 5.41) is 23.7. The van der Waals surface area contributed by atoms with Gasteiger partial charge < -0.3 is 43.7 Å². The molecule has 0 aromatic heterocycles. The Morgan fingerprint density at radius 1 is 0.816 bits per heavy atom. The van der Waals surface area contributed by atoms with E-state index < -0.39 is 34.2 Å². The number of nitrogens with zero attached hydrogens (tertiary/aromatic N) is 2. The number of benzene rings is 2. The molecule has 2 N–H and O–H groups in total. The third-order valence-corrected chi connectivity index (χ3v) is 13.5. The second-order valence-corrected chi connectivity index (χ2v) is 15.3. The molecule has 11 heteroatoms. The Kier molecular flexibility index (Phi) is 6.54. The number of esters is 1. The van der Waals surface area contributed by atoms with Gasteiger partial charge in [0, 0.05) is 43.0 Å². The van der Waals surface area contributed by atoms with E-state index in [1.807, 2.05) is 18.2 Å². The lowest BCUT2D eigenvalue weighted by Crippen LogP contribution is -2.76. The molecule has 4 heterocycles. The van der Waals surface area contributed by atoms with Crippen molar-refractivity contribution in [3.63, 3.8) is 0 Å². The molecule has 8 aliphatic rings. The molecule has 4 aliphatic carbocycles. The second kappa shape index (κ2) is 10.2. The normalized spacial score (nSPS) is 38.5. The van der Waals surface area contributed by atoms with Crippen LogP contribution in [0.4, 0.5) is 0 Å². The number of ketones is 1. The van der Waals surface area contributed by atoms with E-state index in [1.54, 1.807) is 14.2 Å². The number of piperidine rings is 2. The van der Waals surface area contributed by atoms with E-state index in [-0.39, 0.29) is 23.8 Å². The standard InChI is InChI=1S/C20H23NO5.C18H21NO4/c1-11(22)25-14-6-7-20(23)15-10-12-4-5-13(24-3)17-16(12)19(20,18(14)26-17)8-9-21(15)2;1-19-8-7-17-14-10-3-4-12(22-2)15(14)23-16(17)11(20)5-6-18(17,21)13(19)9-10/h4-6,15,18,23H,7-10H2,1-3H3;3-4,13,16,21H,5-9H2,1-2H3/t15-,18?,19+,20-;13-,16?,17+,18-/m11/s1. The van der Waals surface area contributed by atoms with E-state index in [1.165, 1.54) is 18.1 Å². The fourth-order valence-electron chi connectivity index (χ4n) is 11.4. The first-order chi connectivity index (χ1) is 23.4. The van der Waals surface area contributed by atoms with Crippen LogP contribution in [0.3, 0.4) is 0 Å². The molecular formula is C38H44N2O9. The Hall–Kier alpha value is -3.64. The maximum Gasteiger partial charge on any atom is 0.307 e. The van der Waals surface area contributed by atoms with Gasteiger partial charge in [0.05, 0.1) is 36.3 Å². The highest BCUT2D eigenvalue weighted by Crippen LogP contribution is 2.66. The summed E-state index contributed by atoms with van der Waals surface area (Å²) in [6.45, 7) is 3.12. The minimum Gasteiger partial charge on any atom is -0.493 e. The van der Waals surface area contributed by atoms with Gasteiger partial charge in [-0.15, -0.1) is 0 Å². The number of methoxy groups -OCH3 is 2. The lowest BCUT2D eigenvalue weighted by atomic mass is 9.49. The maximum absolute atomic E-state index is 12.7. The molecule has 260 valence electrons. The monoisotopic (exact) mass is 672 g/mol. The van der Waals surface area contributed by atoms with Crippen LogP contribution in [0, 0.1) is 0 Å². The summed E-state index contributed by atoms with van der Waals surface area (Å²) in [6, 6.07) is 8.06. The minimum absolute atomic E-state index is 0.00400. The quantitative estimate of drug-likeness (QED) is 0.468. The van der Waals surface area contributed by atoms with Crippen LogP contribution < -0.4 is 18.9 Å². The lowest BCUT2D eigenvalue weighted by Gasteiger charge is -2.62. The van der Waals surface area contributed by atoms with Gasteiger partial charge in [0.2, 0.25) is 0 Å². The molecule has 1 saturated carbocycles. The van der Waals surface area contributed by atoms with Crippen molar-refractivity contribution in [1.29, 1.82) is 0 Å². The Morgan fingerprint density at radius 2 is 1.35 bits per heavy atom. The molecule has 4 bridgehead atoms. The molecule has 2 aromatic rings. The van der Waals surface area contributed by atoms with Gasteiger partial charge in [-0.05, 0) is 88.6 Å². The van der Waals surface area contributed by atoms with Crippen LogP contribution in [0.15, 0.2) is 36.1 Å². The smallest absolute Gasteiger partial charge is 0.307 e. The van der Waals surface area contributed by atoms with Crippen molar-refractivity contribution in [2.75, 3.05) is 41.4 Å². The third-order valence-electron chi connectivity index (χ3n) is 13.5. The number of rotatable bonds is 3. The zero-order valence-electron chi connectivity index (χ0n) is 28.7. The third kappa shape index (κ3) is 3.62. The van der Waals surface area contributed by atoms with Gasteiger partial charge in [0.15, 0.2) is 41.0 Å². The fourth-order valence-corrected chi connectivity index (χ4v) is 11.4. The number of carbonyl (C=O) groups excluding carboxylic acids is 2. The molecule has 0 radical (unpaired) electrons. The van der Waals surface area contributed by atoms with Gasteiger partial charge >= 0.3 is 5.97 Å². The highest BCUT2D eigenvalue weighted by molar-refractivity contribution is 5.90. The molecule has 2 unspecified atom stereocenters. The Balaban J connectivity index is 0.000000134. The van der Waals surface area contributed by atoms with Crippen LogP contribution in [-0.4, -0.2) is 109 Å². The summed E-state index contributed by atoms with van der Waals surface area (Å²) in [5.41, 5.74) is 1.40. The first-order valence-corrected chi connectivity index (χ1v) is 17.5. The zero-order chi connectivity index (χ0) is 34.2. The summed E-state index contributed by atoms with van der Waals surface area (Å²) in [6.07, 6.45) is 5.18. The van der Waals surface area contributed by atoms with Gasteiger partial charge in [0.25, 0.3) is 0 Å². The van der Waals surface area contributed by atoms with Crippen molar-refractivity contribution in [2.45, 2.75) is 98.2 Å². The summed E-state index contributed by atoms with van der Waals surface area (Å²) in [7, 11) is 7.39. The molecule has 3 fully saturated rings. The molecule has 11 nitrogen and oxygen atoms in total. The molecule has 10 rings (SSSR count). The van der Waals surface area contributed by atoms with E-state index in [9.17, 15) is 19.8 Å². The average molecular weight is 673 g/mol. The average Bonchev–Trinajstić information content (AvgIpc) is 3.62. The largest absolute Gasteiger partial charge is 0.493 e. The van der Waals surface area contributed by atoms with E-state index in [2.05, 4.69) is 36.0 Å². The summed E-state index contributed by atoms with van der Waals surface area (Å²) >= 11 is 0. The van der Waals surface area contributed by atoms with Crippen LogP contribution in [0.25, 0.3) is 0 Å². The Bertz CT molecular complexity index is 1840. The number of carbonyl (C=O) groups is 2. The lowest BCUT2D eigenvalue weighted by molar-refractivity contribution is -0.185. The van der Waals surface area contributed by atoms with E-state index in [0.717, 1.165) is 49.9 Å². The van der Waals surface area contributed by atoms with Crippen LogP contribution >= 0.6 is 0 Å². The molecule has 0 amide bonds. The zero-order valence-corrected chi connectivity index (χ0v) is 28.7. The first-order valence-electron chi connectivity index (χ1n) is 17.5. The molecule has 4 aliphatic heterocycles. The van der Waals surface area contributed by atoms with Gasteiger partial charge in [-0.2, -0.15) is 0 Å². The van der Waals surface area contributed by atoms with Crippen LogP contribution in [-0.2, 0) is 38.0 Å². The topological polar surface area (TPSA) is 127 Å². The number of ether oxygens (including phenoxy) is 5.